The highest BCUT2D eigenvalue weighted by Crippen LogP contribution is 2.30. The topological polar surface area (TPSA) is 25.2 Å². The standard InChI is InChI=1S/C16H29NO/c1-6-7-8-9-10-11-15(17-5)16-12(2)13(3)18-14(16)4/h15,17H,6-11H2,1-5H3. The van der Waals surface area contributed by atoms with Crippen molar-refractivity contribution in [1.29, 1.82) is 0 Å². The van der Waals surface area contributed by atoms with E-state index >= 15 is 0 Å². The van der Waals surface area contributed by atoms with Gasteiger partial charge in [-0.1, -0.05) is 39.0 Å². The lowest BCUT2D eigenvalue weighted by Crippen LogP contribution is -2.17. The molecule has 104 valence electrons. The maximum absolute atomic E-state index is 5.73. The van der Waals surface area contributed by atoms with Gasteiger partial charge in [0.15, 0.2) is 0 Å². The Bertz CT molecular complexity index is 354. The van der Waals surface area contributed by atoms with Crippen LogP contribution in [-0.2, 0) is 0 Å². The fourth-order valence-electron chi connectivity index (χ4n) is 2.71. The highest BCUT2D eigenvalue weighted by Gasteiger charge is 2.19. The van der Waals surface area contributed by atoms with Gasteiger partial charge in [0.25, 0.3) is 0 Å². The van der Waals surface area contributed by atoms with Crippen molar-refractivity contribution in [3.8, 4) is 0 Å². The zero-order chi connectivity index (χ0) is 13.5. The van der Waals surface area contributed by atoms with Gasteiger partial charge in [0.05, 0.1) is 0 Å². The molecule has 0 saturated carbocycles. The molecule has 0 amide bonds. The summed E-state index contributed by atoms with van der Waals surface area (Å²) in [6.07, 6.45) is 7.91. The SMILES string of the molecule is CCCCCCCC(NC)c1c(C)oc(C)c1C. The molecule has 2 nitrogen and oxygen atoms in total. The molecule has 1 atom stereocenters. The Morgan fingerprint density at radius 1 is 1.00 bits per heavy atom. The maximum atomic E-state index is 5.73. The molecule has 2 heteroatoms. The first-order valence-electron chi connectivity index (χ1n) is 7.35. The van der Waals surface area contributed by atoms with Crippen LogP contribution in [0.25, 0.3) is 0 Å². The Balaban J connectivity index is 2.55. The van der Waals surface area contributed by atoms with Gasteiger partial charge in [-0.05, 0) is 39.8 Å². The van der Waals surface area contributed by atoms with Crippen molar-refractivity contribution in [1.82, 2.24) is 5.32 Å². The summed E-state index contributed by atoms with van der Waals surface area (Å²) in [5.74, 6) is 2.15. The van der Waals surface area contributed by atoms with Crippen LogP contribution in [0.3, 0.4) is 0 Å². The van der Waals surface area contributed by atoms with Gasteiger partial charge in [-0.2, -0.15) is 0 Å². The van der Waals surface area contributed by atoms with Gasteiger partial charge in [0.2, 0.25) is 0 Å². The van der Waals surface area contributed by atoms with Gasteiger partial charge in [0.1, 0.15) is 11.5 Å². The summed E-state index contributed by atoms with van der Waals surface area (Å²) in [6, 6.07) is 0.448. The maximum Gasteiger partial charge on any atom is 0.106 e. The van der Waals surface area contributed by atoms with Crippen molar-refractivity contribution in [2.75, 3.05) is 7.05 Å². The lowest BCUT2D eigenvalue weighted by Gasteiger charge is -2.16. The molecule has 0 fully saturated rings. The van der Waals surface area contributed by atoms with E-state index in [-0.39, 0.29) is 0 Å². The number of aryl methyl sites for hydroxylation is 2. The third-order valence-corrected chi connectivity index (χ3v) is 3.91. The van der Waals surface area contributed by atoms with Gasteiger partial charge >= 0.3 is 0 Å². The molecular formula is C16H29NO. The van der Waals surface area contributed by atoms with Crippen LogP contribution >= 0.6 is 0 Å². The summed E-state index contributed by atoms with van der Waals surface area (Å²) in [5, 5.41) is 3.44. The fraction of sp³-hybridized carbons (Fsp3) is 0.750. The van der Waals surface area contributed by atoms with E-state index in [1.807, 2.05) is 0 Å². The molecule has 0 aliphatic carbocycles. The van der Waals surface area contributed by atoms with Crippen LogP contribution in [0.15, 0.2) is 4.42 Å². The molecule has 0 aliphatic rings. The predicted octanol–water partition coefficient (Wildman–Crippen LogP) is 4.83. The first-order chi connectivity index (χ1) is 8.61. The van der Waals surface area contributed by atoms with Crippen LogP contribution in [0.5, 0.6) is 0 Å². The van der Waals surface area contributed by atoms with Crippen molar-refractivity contribution in [3.63, 3.8) is 0 Å². The van der Waals surface area contributed by atoms with Gasteiger partial charge in [0, 0.05) is 11.6 Å². The summed E-state index contributed by atoms with van der Waals surface area (Å²) < 4.78 is 5.73. The lowest BCUT2D eigenvalue weighted by atomic mass is 9.97. The average Bonchev–Trinajstić information content (AvgIpc) is 2.59. The number of hydrogen-bond donors (Lipinski definition) is 1. The number of rotatable bonds is 8. The summed E-state index contributed by atoms with van der Waals surface area (Å²) in [5.41, 5.74) is 2.70. The molecule has 0 spiro atoms. The first-order valence-corrected chi connectivity index (χ1v) is 7.35. The van der Waals surface area contributed by atoms with Gasteiger partial charge in [-0.25, -0.2) is 0 Å². The normalized spacial score (nSPS) is 12.9. The Morgan fingerprint density at radius 2 is 1.67 bits per heavy atom. The Morgan fingerprint density at radius 3 is 2.17 bits per heavy atom. The van der Waals surface area contributed by atoms with Crippen LogP contribution in [0.2, 0.25) is 0 Å². The van der Waals surface area contributed by atoms with E-state index in [0.29, 0.717) is 6.04 Å². The van der Waals surface area contributed by atoms with Crippen LogP contribution in [-0.4, -0.2) is 7.05 Å². The largest absolute Gasteiger partial charge is 0.466 e. The highest BCUT2D eigenvalue weighted by molar-refractivity contribution is 5.34. The summed E-state index contributed by atoms with van der Waals surface area (Å²) >= 11 is 0. The molecule has 0 radical (unpaired) electrons. The summed E-state index contributed by atoms with van der Waals surface area (Å²) in [7, 11) is 2.05. The minimum Gasteiger partial charge on any atom is -0.466 e. The summed E-state index contributed by atoms with van der Waals surface area (Å²) in [6.45, 7) is 8.57. The molecule has 1 unspecified atom stereocenters. The monoisotopic (exact) mass is 251 g/mol. The second kappa shape index (κ2) is 7.63. The second-order valence-corrected chi connectivity index (χ2v) is 5.30. The Hall–Kier alpha value is -0.760. The minimum atomic E-state index is 0.448. The van der Waals surface area contributed by atoms with Crippen molar-refractivity contribution in [2.45, 2.75) is 72.3 Å². The Kier molecular flexibility index (Phi) is 6.48. The first kappa shape index (κ1) is 15.3. The number of furan rings is 1. The van der Waals surface area contributed by atoms with Gasteiger partial charge < -0.3 is 9.73 Å². The van der Waals surface area contributed by atoms with Crippen LogP contribution in [0.1, 0.15) is 74.1 Å². The van der Waals surface area contributed by atoms with E-state index in [9.17, 15) is 0 Å². The lowest BCUT2D eigenvalue weighted by molar-refractivity contribution is 0.471. The quantitative estimate of drug-likeness (QED) is 0.670. The smallest absolute Gasteiger partial charge is 0.106 e. The Labute approximate surface area is 112 Å². The molecule has 1 heterocycles. The van der Waals surface area contributed by atoms with Gasteiger partial charge in [-0.3, -0.25) is 0 Å². The zero-order valence-corrected chi connectivity index (χ0v) is 12.7. The van der Waals surface area contributed by atoms with Crippen LogP contribution < -0.4 is 5.32 Å². The molecule has 0 bridgehead atoms. The fourth-order valence-corrected chi connectivity index (χ4v) is 2.71. The highest BCUT2D eigenvalue weighted by atomic mass is 16.3. The molecule has 1 rings (SSSR count). The van der Waals surface area contributed by atoms with Crippen LogP contribution in [0, 0.1) is 20.8 Å². The zero-order valence-electron chi connectivity index (χ0n) is 12.7. The predicted molar refractivity (Wildman–Crippen MR) is 78.1 cm³/mol. The van der Waals surface area contributed by atoms with Gasteiger partial charge in [-0.15, -0.1) is 0 Å². The average molecular weight is 251 g/mol. The van der Waals surface area contributed by atoms with E-state index in [2.05, 4.69) is 40.1 Å². The number of nitrogens with one attached hydrogen (secondary N) is 1. The molecular weight excluding hydrogens is 222 g/mol. The molecule has 1 aromatic rings. The minimum absolute atomic E-state index is 0.448. The van der Waals surface area contributed by atoms with Crippen molar-refractivity contribution < 1.29 is 4.42 Å². The second-order valence-electron chi connectivity index (χ2n) is 5.30. The van der Waals surface area contributed by atoms with E-state index in [1.54, 1.807) is 0 Å². The molecule has 1 N–H and O–H groups in total. The van der Waals surface area contributed by atoms with Crippen molar-refractivity contribution in [2.24, 2.45) is 0 Å². The van der Waals surface area contributed by atoms with E-state index in [1.165, 1.54) is 49.7 Å². The van der Waals surface area contributed by atoms with E-state index < -0.39 is 0 Å². The third-order valence-electron chi connectivity index (χ3n) is 3.91. The number of unbranched alkanes of at least 4 members (excludes halogenated alkanes) is 4. The third kappa shape index (κ3) is 3.88. The number of hydrogen-bond acceptors (Lipinski definition) is 2. The molecule has 0 aromatic carbocycles. The van der Waals surface area contributed by atoms with Crippen molar-refractivity contribution in [3.05, 3.63) is 22.6 Å². The van der Waals surface area contributed by atoms with E-state index in [0.717, 1.165) is 11.5 Å². The molecule has 18 heavy (non-hydrogen) atoms. The van der Waals surface area contributed by atoms with E-state index in [4.69, 9.17) is 4.42 Å². The molecule has 0 saturated heterocycles. The summed E-state index contributed by atoms with van der Waals surface area (Å²) in [4.78, 5) is 0. The van der Waals surface area contributed by atoms with Crippen LogP contribution in [0.4, 0.5) is 0 Å². The van der Waals surface area contributed by atoms with Crippen molar-refractivity contribution >= 4 is 0 Å². The molecule has 0 aliphatic heterocycles. The molecule has 1 aromatic heterocycles.